The number of benzene rings is 3. The molecule has 1 saturated carbocycles. The van der Waals surface area contributed by atoms with Crippen LogP contribution in [0.2, 0.25) is 0 Å². The van der Waals surface area contributed by atoms with Crippen LogP contribution in [-0.4, -0.2) is 204 Å². The number of halogens is 2. The smallest absolute Gasteiger partial charge is 0.266 e. The Kier molecular flexibility index (Phi) is 38.4. The van der Waals surface area contributed by atoms with E-state index in [1.165, 1.54) is 0 Å². The summed E-state index contributed by atoms with van der Waals surface area (Å²) in [4.78, 5) is 127. The molecule has 6 N–H and O–H groups in total. The third-order valence-electron chi connectivity index (χ3n) is 18.2. The molecule has 102 heavy (non-hydrogen) atoms. The van der Waals surface area contributed by atoms with E-state index < -0.39 is 60.1 Å². The zero-order valence-electron chi connectivity index (χ0n) is 61.7. The van der Waals surface area contributed by atoms with Crippen molar-refractivity contribution in [3.8, 4) is 0 Å². The molecule has 25 nitrogen and oxygen atoms in total. The average molecular weight is 1550 g/mol. The molecule has 0 radical (unpaired) electrons. The topological polar surface area (TPSA) is 306 Å². The van der Waals surface area contributed by atoms with Crippen LogP contribution in [0.3, 0.4) is 0 Å². The lowest BCUT2D eigenvalue weighted by Gasteiger charge is -2.40. The van der Waals surface area contributed by atoms with E-state index in [0.717, 1.165) is 40.9 Å². The maximum absolute atomic E-state index is 14.4. The summed E-state index contributed by atoms with van der Waals surface area (Å²) in [6.07, 6.45) is 4.20. The Hall–Kier alpha value is -6.66. The second kappa shape index (κ2) is 45.5. The van der Waals surface area contributed by atoms with Crippen molar-refractivity contribution in [1.82, 2.24) is 46.5 Å². The lowest BCUT2D eigenvalue weighted by Crippen LogP contribution is -2.59. The van der Waals surface area contributed by atoms with Gasteiger partial charge in [-0.15, -0.1) is 0 Å². The number of alkyl halides is 2. The summed E-state index contributed by atoms with van der Waals surface area (Å²) in [7, 11) is 8.54. The summed E-state index contributed by atoms with van der Waals surface area (Å²) in [6.45, 7) is 17.9. The van der Waals surface area contributed by atoms with Crippen molar-refractivity contribution in [1.29, 1.82) is 0 Å². The minimum absolute atomic E-state index is 0.0178. The number of likely N-dealkylation sites (N-methyl/N-ethyl adjacent to an activating group) is 2. The standard InChI is InChI=1S/C75H110Br2N10O15/c1-14-49(6)68(87(11)75(95)66(47(2)3)84-74(94)67(48(4)5)86(9)10)64(96-12)43-58(88)40-54-21-18-22-55(39-54)69(97-13)50(7)70(90)83-61(41-52-19-16-15-17-20-52)73(93)85-102-46-53-23-26-57(27-24-53)80-71(91)51(8)79-65(89)29-31-98-33-35-100-37-38-101-36-34-99-32-30-78-72(92)56-25-28-59-60(42-56)82-63(45-77)62(44-76)81-59/h15-17,19-20,23-28,40,42,47-51,55,61,64,66-69H,14,18,21-22,29-39,41,43-46H2,1-13H3,(H,78,92)(H,79,89)(H,80,91)(H,83,90)(H,84,94)(H,85,93)/b54-40+/t49-,50+,51+,55+,61-,64+,66-,67-,68-,69+/m0/s1. The third kappa shape index (κ3) is 28.1. The van der Waals surface area contributed by atoms with Crippen LogP contribution in [0, 0.1) is 29.6 Å². The van der Waals surface area contributed by atoms with Crippen molar-refractivity contribution >= 4 is 95.7 Å². The molecule has 564 valence electrons. The molecule has 7 amide bonds. The first-order valence-electron chi connectivity index (χ1n) is 35.3. The number of carbonyl (C=O) groups is 8. The van der Waals surface area contributed by atoms with Crippen LogP contribution in [0.4, 0.5) is 5.69 Å². The number of ether oxygens (including phenoxy) is 6. The van der Waals surface area contributed by atoms with Gasteiger partial charge in [0.2, 0.25) is 29.5 Å². The summed E-state index contributed by atoms with van der Waals surface area (Å²) < 4.78 is 34.3. The van der Waals surface area contributed by atoms with Gasteiger partial charge in [0.1, 0.15) is 18.1 Å². The molecule has 5 rings (SSSR count). The maximum atomic E-state index is 14.4. The highest BCUT2D eigenvalue weighted by atomic mass is 79.9. The molecule has 27 heteroatoms. The second-order valence-corrected chi connectivity index (χ2v) is 27.9. The quantitative estimate of drug-likeness (QED) is 0.0105. The van der Waals surface area contributed by atoms with E-state index >= 15 is 0 Å². The summed E-state index contributed by atoms with van der Waals surface area (Å²) in [6, 6.07) is 17.8. The minimum atomic E-state index is -1.02. The number of aromatic nitrogens is 2. The van der Waals surface area contributed by atoms with Crippen LogP contribution in [-0.2, 0) is 90.5 Å². The number of amides is 7. The Morgan fingerprint density at radius 3 is 1.89 bits per heavy atom. The van der Waals surface area contributed by atoms with Crippen molar-refractivity contribution in [3.63, 3.8) is 0 Å². The fourth-order valence-electron chi connectivity index (χ4n) is 12.5. The van der Waals surface area contributed by atoms with Crippen LogP contribution in [0.25, 0.3) is 11.0 Å². The number of hydrogen-bond donors (Lipinski definition) is 6. The molecule has 0 saturated heterocycles. The summed E-state index contributed by atoms with van der Waals surface area (Å²) in [5.74, 6) is -3.63. The normalized spacial score (nSPS) is 16.3. The lowest BCUT2D eigenvalue weighted by molar-refractivity contribution is -0.144. The van der Waals surface area contributed by atoms with Gasteiger partial charge in [0, 0.05) is 69.0 Å². The first kappa shape index (κ1) is 86.0. The van der Waals surface area contributed by atoms with Crippen LogP contribution in [0.5, 0.6) is 0 Å². The van der Waals surface area contributed by atoms with E-state index in [4.69, 9.17) is 33.3 Å². The average Bonchev–Trinajstić information content (AvgIpc) is 0.830. The highest BCUT2D eigenvalue weighted by Crippen LogP contribution is 2.35. The number of rotatable bonds is 46. The number of allylic oxidation sites excluding steroid dienone is 2. The zero-order chi connectivity index (χ0) is 74.8. The van der Waals surface area contributed by atoms with Gasteiger partial charge in [-0.3, -0.25) is 48.1 Å². The van der Waals surface area contributed by atoms with Crippen LogP contribution < -0.4 is 32.1 Å². The highest BCUT2D eigenvalue weighted by molar-refractivity contribution is 9.09. The number of nitrogens with zero attached hydrogens (tertiary/aromatic N) is 4. The molecular formula is C75H110Br2N10O15. The van der Waals surface area contributed by atoms with Gasteiger partial charge in [0.25, 0.3) is 11.8 Å². The molecule has 1 aromatic heterocycles. The van der Waals surface area contributed by atoms with Gasteiger partial charge >= 0.3 is 0 Å². The number of hydroxylamine groups is 1. The molecule has 0 unspecified atom stereocenters. The predicted molar refractivity (Wildman–Crippen MR) is 398 cm³/mol. The first-order valence-corrected chi connectivity index (χ1v) is 37.6. The van der Waals surface area contributed by atoms with Crippen molar-refractivity contribution < 1.29 is 71.6 Å². The number of anilines is 1. The molecule has 1 fully saturated rings. The summed E-state index contributed by atoms with van der Waals surface area (Å²) >= 11 is 6.88. The Morgan fingerprint density at radius 1 is 0.676 bits per heavy atom. The fraction of sp³-hybridized carbons (Fsp3) is 0.600. The fourth-order valence-corrected chi connectivity index (χ4v) is 13.4. The Labute approximate surface area is 619 Å². The third-order valence-corrected chi connectivity index (χ3v) is 19.2. The van der Waals surface area contributed by atoms with Gasteiger partial charge in [-0.25, -0.2) is 15.4 Å². The Morgan fingerprint density at radius 2 is 1.30 bits per heavy atom. The van der Waals surface area contributed by atoms with Gasteiger partial charge in [-0.2, -0.15) is 0 Å². The maximum Gasteiger partial charge on any atom is 0.266 e. The number of carbonyl (C=O) groups excluding carboxylic acids is 8. The van der Waals surface area contributed by atoms with Gasteiger partial charge < -0.3 is 59.9 Å². The first-order chi connectivity index (χ1) is 48.8. The van der Waals surface area contributed by atoms with E-state index in [1.807, 2.05) is 90.9 Å². The van der Waals surface area contributed by atoms with Crippen molar-refractivity contribution in [2.24, 2.45) is 29.6 Å². The van der Waals surface area contributed by atoms with Gasteiger partial charge in [-0.1, -0.05) is 135 Å². The largest absolute Gasteiger partial charge is 0.380 e. The van der Waals surface area contributed by atoms with Crippen molar-refractivity contribution in [3.05, 3.63) is 113 Å². The Balaban J connectivity index is 0.994. The van der Waals surface area contributed by atoms with Gasteiger partial charge in [0.05, 0.1) is 112 Å². The Bertz CT molecular complexity index is 3320. The molecule has 0 bridgehead atoms. The van der Waals surface area contributed by atoms with E-state index in [2.05, 4.69) is 73.9 Å². The van der Waals surface area contributed by atoms with Crippen LogP contribution >= 0.6 is 31.9 Å². The summed E-state index contributed by atoms with van der Waals surface area (Å²) in [5.41, 5.74) is 8.92. The van der Waals surface area contributed by atoms with Crippen molar-refractivity contribution in [2.75, 3.05) is 100 Å². The molecule has 0 spiro atoms. The molecule has 4 aromatic rings. The van der Waals surface area contributed by atoms with E-state index in [1.54, 1.807) is 88.6 Å². The lowest BCUT2D eigenvalue weighted by atomic mass is 9.77. The summed E-state index contributed by atoms with van der Waals surface area (Å²) in [5, 5.41) is 15.5. The highest BCUT2D eigenvalue weighted by Gasteiger charge is 2.40. The number of fused-ring (bicyclic) bond motifs is 1. The van der Waals surface area contributed by atoms with Gasteiger partial charge in [-0.05, 0) is 118 Å². The van der Waals surface area contributed by atoms with Crippen LogP contribution in [0.1, 0.15) is 133 Å². The predicted octanol–water partition coefficient (Wildman–Crippen LogP) is 8.37. The number of methoxy groups -OCH3 is 2. The molecule has 3 aromatic carbocycles. The number of nitrogens with one attached hydrogen (secondary N) is 6. The number of ketones is 1. The molecule has 1 aliphatic carbocycles. The van der Waals surface area contributed by atoms with E-state index in [-0.39, 0.29) is 98.1 Å². The van der Waals surface area contributed by atoms with Gasteiger partial charge in [0.15, 0.2) is 5.78 Å². The molecule has 10 atom stereocenters. The monoisotopic (exact) mass is 1550 g/mol. The molecule has 0 aliphatic heterocycles. The minimum Gasteiger partial charge on any atom is -0.380 e. The number of hydrogen-bond acceptors (Lipinski definition) is 18. The zero-order valence-corrected chi connectivity index (χ0v) is 64.9. The van der Waals surface area contributed by atoms with Crippen LogP contribution in [0.15, 0.2) is 84.4 Å². The molecular weight excluding hydrogens is 1440 g/mol. The second-order valence-electron chi connectivity index (χ2n) is 26.8. The van der Waals surface area contributed by atoms with E-state index in [0.29, 0.717) is 98.4 Å². The van der Waals surface area contributed by atoms with Crippen molar-refractivity contribution in [2.45, 2.75) is 166 Å². The SMILES string of the molecule is CC[C@H](C)[C@@H]([C@@H](CC(=O)/C=C1\CCC[C@@H]([C@H](OC)[C@@H](C)C(=O)N[C@@H](Cc2ccccc2)C(=O)NOCc2ccc(NC(=O)[C@@H](C)NC(=O)CCOCCOCCOCCOCCNC(=O)c3ccc4nc(CBr)c(CBr)nc4c3)cc2)C1)OC)N(C)C(=O)[C@@H](NC(=O)[C@H](C(C)C)N(C)C)C(C)C. The molecule has 1 heterocycles. The van der Waals surface area contributed by atoms with E-state index in [9.17, 15) is 38.4 Å². The molecule has 1 aliphatic rings.